The van der Waals surface area contributed by atoms with Gasteiger partial charge >= 0.3 is 0 Å². The first-order chi connectivity index (χ1) is 39.4. The molecule has 2 spiro atoms. The Bertz CT molecular complexity index is 2330. The number of aliphatic hydroxyl groups excluding tert-OH is 13. The quantitative estimate of drug-likeness (QED) is 0.0658. The van der Waals surface area contributed by atoms with E-state index in [1.165, 1.54) is 6.92 Å². The summed E-state index contributed by atoms with van der Waals surface area (Å²) >= 11 is 0. The monoisotopic (exact) mass is 1210 g/mol. The second kappa shape index (κ2) is 23.4. The summed E-state index contributed by atoms with van der Waals surface area (Å²) in [5, 5.41) is 154. The van der Waals surface area contributed by atoms with Crippen molar-refractivity contribution < 1.29 is 128 Å². The van der Waals surface area contributed by atoms with Gasteiger partial charge in [0.15, 0.2) is 37.2 Å². The van der Waals surface area contributed by atoms with Crippen molar-refractivity contribution in [3.8, 4) is 0 Å². The van der Waals surface area contributed by atoms with Crippen LogP contribution in [0.3, 0.4) is 0 Å². The van der Waals surface area contributed by atoms with Gasteiger partial charge in [0.2, 0.25) is 0 Å². The predicted octanol–water partition coefficient (Wildman–Crippen LogP) is -2.72. The molecule has 7 saturated heterocycles. The molecule has 0 aromatic heterocycles. The fourth-order valence-electron chi connectivity index (χ4n) is 18.3. The van der Waals surface area contributed by atoms with E-state index in [1.54, 1.807) is 0 Å². The van der Waals surface area contributed by atoms with Crippen molar-refractivity contribution in [3.63, 3.8) is 0 Å². The van der Waals surface area contributed by atoms with E-state index in [1.807, 2.05) is 20.8 Å². The van der Waals surface area contributed by atoms with Crippen LogP contribution in [0.2, 0.25) is 0 Å². The fourth-order valence-corrected chi connectivity index (χ4v) is 18.3. The summed E-state index contributed by atoms with van der Waals surface area (Å²) in [6.07, 6.45) is -31.8. The fraction of sp³-hybridized carbons (Fsp3) is 0.966. The molecule has 34 atom stereocenters. The topological polar surface area (TPSA) is 394 Å². The van der Waals surface area contributed by atoms with Crippen LogP contribution in [0.1, 0.15) is 107 Å². The molecule has 26 nitrogen and oxygen atoms in total. The molecule has 84 heavy (non-hydrogen) atoms. The number of hydrogen-bond donors (Lipinski definition) is 14. The average molecular weight is 1210 g/mol. The third-order valence-corrected chi connectivity index (χ3v) is 22.5. The number of aliphatic hydroxyl groups is 14. The second-order valence-corrected chi connectivity index (χ2v) is 28.2. The summed E-state index contributed by atoms with van der Waals surface area (Å²) in [6, 6.07) is 0. The molecule has 4 aliphatic carbocycles. The van der Waals surface area contributed by atoms with Crippen LogP contribution in [0, 0.1) is 45.3 Å². The van der Waals surface area contributed by atoms with E-state index in [0.29, 0.717) is 19.4 Å². The van der Waals surface area contributed by atoms with Gasteiger partial charge in [-0.3, -0.25) is 0 Å². The summed E-state index contributed by atoms with van der Waals surface area (Å²) in [4.78, 5) is 0. The maximum absolute atomic E-state index is 12.3. The highest BCUT2D eigenvalue weighted by Crippen LogP contribution is 2.80. The van der Waals surface area contributed by atoms with Gasteiger partial charge in [0, 0.05) is 24.2 Å². The van der Waals surface area contributed by atoms with E-state index in [0.717, 1.165) is 44.1 Å². The van der Waals surface area contributed by atoms with Crippen molar-refractivity contribution in [1.82, 2.24) is 0 Å². The van der Waals surface area contributed by atoms with E-state index < -0.39 is 191 Å². The zero-order valence-corrected chi connectivity index (χ0v) is 49.2. The summed E-state index contributed by atoms with van der Waals surface area (Å²) < 4.78 is 75.5. The molecule has 11 aliphatic rings. The maximum atomic E-state index is 12.3. The van der Waals surface area contributed by atoms with Crippen LogP contribution in [0.25, 0.3) is 0 Å². The van der Waals surface area contributed by atoms with E-state index in [9.17, 15) is 71.5 Å². The first kappa shape index (κ1) is 64.2. The predicted molar refractivity (Wildman–Crippen MR) is 283 cm³/mol. The zero-order chi connectivity index (χ0) is 60.7. The van der Waals surface area contributed by atoms with Crippen molar-refractivity contribution in [2.24, 2.45) is 45.3 Å². The Kier molecular flexibility index (Phi) is 17.9. The molecule has 12 unspecified atom stereocenters. The lowest BCUT2D eigenvalue weighted by atomic mass is 9.35. The lowest BCUT2D eigenvalue weighted by Gasteiger charge is -2.70. The molecule has 482 valence electrons. The summed E-state index contributed by atoms with van der Waals surface area (Å²) in [6.45, 7) is 14.8. The maximum Gasteiger partial charge on any atom is 0.187 e. The van der Waals surface area contributed by atoms with Crippen molar-refractivity contribution in [3.05, 3.63) is 11.6 Å². The second-order valence-electron chi connectivity index (χ2n) is 28.2. The van der Waals surface area contributed by atoms with Crippen molar-refractivity contribution in [2.75, 3.05) is 33.0 Å². The van der Waals surface area contributed by atoms with E-state index in [2.05, 4.69) is 33.8 Å². The van der Waals surface area contributed by atoms with Crippen LogP contribution in [-0.4, -0.2) is 269 Å². The zero-order valence-electron chi connectivity index (χ0n) is 49.2. The number of hydrogen-bond acceptors (Lipinski definition) is 26. The van der Waals surface area contributed by atoms with Crippen molar-refractivity contribution in [2.45, 2.75) is 272 Å². The highest BCUT2D eigenvalue weighted by atomic mass is 16.8. The normalized spacial score (nSPS) is 57.1. The lowest BCUT2D eigenvalue weighted by Crippen LogP contribution is -2.68. The molecule has 0 radical (unpaired) electrons. The van der Waals surface area contributed by atoms with Gasteiger partial charge in [-0.05, 0) is 100 Å². The van der Waals surface area contributed by atoms with Gasteiger partial charge in [0.1, 0.15) is 104 Å². The summed E-state index contributed by atoms with van der Waals surface area (Å²) in [5.74, 6) is -0.440. The van der Waals surface area contributed by atoms with E-state index in [4.69, 9.17) is 56.8 Å². The third kappa shape index (κ3) is 10.5. The molecule has 7 aliphatic heterocycles. The third-order valence-electron chi connectivity index (χ3n) is 22.5. The molecule has 2 bridgehead atoms. The van der Waals surface area contributed by atoms with Crippen LogP contribution in [0.4, 0.5) is 0 Å². The SMILES string of the molecule is CC(C)=CC1CC(C)(O)C2C3CCC4C5(C)CCC(O[C@@H]6OC[C@@H](O)[C@H](O[C@@H]7O[C@H](CO[C@@H]8O[C@H](CO)[C@@H](O)[C@H](O)[C@H]8O)[C@@H](O)[C@H](O)[C@H]7O[C@@H]7OC[C@@H](O)[C@H](O)[C@H]7O)[C@H]6O[C@@H]6OC(C)[C@@H](O)[C@H](O)[C@H]6O)C(C)(C)C5CCC4(C)C34COC2(C4)O1. The summed E-state index contributed by atoms with van der Waals surface area (Å²) in [5.41, 5.74) is -0.980. The average Bonchev–Trinajstić information content (AvgIpc) is 1.44. The molecule has 0 aromatic rings. The number of fused-ring (bicyclic) bond motifs is 4. The van der Waals surface area contributed by atoms with Crippen LogP contribution < -0.4 is 0 Å². The van der Waals surface area contributed by atoms with Crippen LogP contribution >= 0.6 is 0 Å². The Morgan fingerprint density at radius 2 is 1.21 bits per heavy atom. The van der Waals surface area contributed by atoms with Gasteiger partial charge in [-0.15, -0.1) is 0 Å². The molecule has 0 amide bonds. The van der Waals surface area contributed by atoms with E-state index in [-0.39, 0.29) is 46.0 Å². The summed E-state index contributed by atoms with van der Waals surface area (Å²) in [7, 11) is 0. The number of ether oxygens (including phenoxy) is 12. The number of rotatable bonds is 13. The first-order valence-electron chi connectivity index (χ1n) is 30.3. The number of allylic oxidation sites excluding steroid dienone is 1. The first-order valence-corrected chi connectivity index (χ1v) is 30.3. The van der Waals surface area contributed by atoms with Gasteiger partial charge in [0.05, 0.1) is 56.9 Å². The Morgan fingerprint density at radius 3 is 1.93 bits per heavy atom. The Hall–Kier alpha value is -1.30. The molecular weight excluding hydrogens is 1110 g/mol. The van der Waals surface area contributed by atoms with Gasteiger partial charge in [-0.25, -0.2) is 0 Å². The minimum Gasteiger partial charge on any atom is -0.394 e. The molecule has 4 saturated carbocycles. The Morgan fingerprint density at radius 1 is 0.583 bits per heavy atom. The van der Waals surface area contributed by atoms with Gasteiger partial charge in [0.25, 0.3) is 0 Å². The highest BCUT2D eigenvalue weighted by molar-refractivity contribution is 5.27. The van der Waals surface area contributed by atoms with Crippen LogP contribution in [-0.2, 0) is 56.8 Å². The Labute approximate surface area is 488 Å². The van der Waals surface area contributed by atoms with Gasteiger partial charge in [-0.1, -0.05) is 39.3 Å². The minimum absolute atomic E-state index is 0.110. The highest BCUT2D eigenvalue weighted by Gasteiger charge is 2.81. The molecular formula is C58H94O26. The van der Waals surface area contributed by atoms with Crippen molar-refractivity contribution in [1.29, 1.82) is 0 Å². The molecule has 14 N–H and O–H groups in total. The van der Waals surface area contributed by atoms with Crippen molar-refractivity contribution >= 4 is 0 Å². The van der Waals surface area contributed by atoms with Gasteiger partial charge in [-0.2, -0.15) is 0 Å². The largest absolute Gasteiger partial charge is 0.394 e. The van der Waals surface area contributed by atoms with Gasteiger partial charge < -0.3 is 128 Å². The lowest BCUT2D eigenvalue weighted by molar-refractivity contribution is -0.401. The smallest absolute Gasteiger partial charge is 0.187 e. The molecule has 11 fully saturated rings. The van der Waals surface area contributed by atoms with Crippen LogP contribution in [0.5, 0.6) is 0 Å². The molecule has 7 heterocycles. The van der Waals surface area contributed by atoms with Crippen LogP contribution in [0.15, 0.2) is 11.6 Å². The van der Waals surface area contributed by atoms with E-state index >= 15 is 0 Å². The molecule has 11 rings (SSSR count). The minimum atomic E-state index is -2.04. The Balaban J connectivity index is 0.870. The molecule has 0 aromatic carbocycles. The molecule has 26 heteroatoms. The standard InChI is InChI=1S/C58H94O26/c1-23(2)15-25-16-56(8,72)47-26-9-10-32-54(6)13-12-33(53(4,5)31(54)11-14-55(32,7)57(26)21-58(47,84-25)76-22-57)80-51-46(83-50-43(71)38(66)34(62)24(3)77-50)44(28(61)19-74-51)81-52-45(82-49-41(69)35(63)27(60)18-73-49)40(68)37(65)30(79-52)20-75-48-42(70)39(67)36(64)29(17-59)78-48/h15,24-52,59-72H,9-14,16-22H2,1-8H3/t24?,25?,26?,27-,28-,29-,30-,31?,32?,33?,34-,35+,36-,37-,38+,39+,40+,41-,42-,43-,44+,45-,46-,47?,48-,49+,50+,51+,52+,54?,55?,56?,57?,58?/m1/s1.